The van der Waals surface area contributed by atoms with Crippen LogP contribution in [0.2, 0.25) is 0 Å². The molecule has 4 heteroatoms. The smallest absolute Gasteiger partial charge is 0.240 e. The van der Waals surface area contributed by atoms with Crippen LogP contribution in [0.5, 0.6) is 0 Å². The topological polar surface area (TPSA) is 58.4 Å². The molecular formula is C15H31N3O. The Hall–Kier alpha value is -0.610. The largest absolute Gasteiger partial charge is 0.353 e. The molecule has 1 saturated carbocycles. The maximum atomic E-state index is 12.2. The average molecular weight is 269 g/mol. The average Bonchev–Trinajstić information content (AvgIpc) is 2.37. The van der Waals surface area contributed by atoms with E-state index >= 15 is 0 Å². The Labute approximate surface area is 118 Å². The van der Waals surface area contributed by atoms with Gasteiger partial charge in [-0.15, -0.1) is 0 Å². The fourth-order valence-electron chi connectivity index (χ4n) is 2.85. The van der Waals surface area contributed by atoms with E-state index in [1.165, 1.54) is 6.42 Å². The molecule has 0 bridgehead atoms. The van der Waals surface area contributed by atoms with Crippen LogP contribution in [0.3, 0.4) is 0 Å². The molecular weight excluding hydrogens is 238 g/mol. The van der Waals surface area contributed by atoms with E-state index in [9.17, 15) is 4.79 Å². The van der Waals surface area contributed by atoms with Crippen LogP contribution in [-0.2, 0) is 4.79 Å². The third kappa shape index (κ3) is 4.77. The lowest BCUT2D eigenvalue weighted by atomic mass is 9.76. The number of carbonyl (C=O) groups excluding carboxylic acids is 1. The van der Waals surface area contributed by atoms with Gasteiger partial charge in [-0.1, -0.05) is 26.7 Å². The summed E-state index contributed by atoms with van der Waals surface area (Å²) < 4.78 is 0. The molecule has 0 aromatic heterocycles. The molecule has 112 valence electrons. The quantitative estimate of drug-likeness (QED) is 0.772. The number of carbonyl (C=O) groups is 1. The van der Waals surface area contributed by atoms with Crippen molar-refractivity contribution in [1.82, 2.24) is 10.2 Å². The number of hydrogen-bond acceptors (Lipinski definition) is 3. The fourth-order valence-corrected chi connectivity index (χ4v) is 2.85. The first-order valence-electron chi connectivity index (χ1n) is 7.66. The first-order chi connectivity index (χ1) is 8.89. The summed E-state index contributed by atoms with van der Waals surface area (Å²) in [5.41, 5.74) is 5.64. The summed E-state index contributed by atoms with van der Waals surface area (Å²) in [7, 11) is 2.10. The van der Waals surface area contributed by atoms with Crippen LogP contribution in [0.1, 0.15) is 52.9 Å². The molecule has 4 nitrogen and oxygen atoms in total. The Morgan fingerprint density at radius 3 is 2.84 bits per heavy atom. The van der Waals surface area contributed by atoms with E-state index in [0.29, 0.717) is 18.5 Å². The minimum atomic E-state index is -0.632. The molecule has 0 aromatic carbocycles. The third-order valence-electron chi connectivity index (χ3n) is 4.58. The van der Waals surface area contributed by atoms with Crippen molar-refractivity contribution in [3.05, 3.63) is 0 Å². The highest BCUT2D eigenvalue weighted by atomic mass is 16.2. The van der Waals surface area contributed by atoms with Gasteiger partial charge in [0, 0.05) is 19.1 Å². The molecule has 1 aliphatic rings. The normalized spacial score (nSPS) is 29.3. The molecule has 0 radical (unpaired) electrons. The summed E-state index contributed by atoms with van der Waals surface area (Å²) in [4.78, 5) is 14.5. The van der Waals surface area contributed by atoms with Crippen LogP contribution in [0.15, 0.2) is 0 Å². The number of rotatable bonds is 6. The number of hydrogen-bond donors (Lipinski definition) is 2. The van der Waals surface area contributed by atoms with Crippen molar-refractivity contribution >= 4 is 5.91 Å². The number of nitrogens with one attached hydrogen (secondary N) is 1. The molecule has 0 aliphatic heterocycles. The van der Waals surface area contributed by atoms with Crippen molar-refractivity contribution in [3.63, 3.8) is 0 Å². The van der Waals surface area contributed by atoms with E-state index in [1.54, 1.807) is 0 Å². The lowest BCUT2D eigenvalue weighted by Gasteiger charge is -2.35. The van der Waals surface area contributed by atoms with Crippen molar-refractivity contribution in [2.45, 2.75) is 64.5 Å². The molecule has 3 unspecified atom stereocenters. The molecule has 1 aliphatic carbocycles. The van der Waals surface area contributed by atoms with Gasteiger partial charge in [-0.05, 0) is 39.2 Å². The van der Waals surface area contributed by atoms with Gasteiger partial charge < -0.3 is 16.0 Å². The van der Waals surface area contributed by atoms with Crippen molar-refractivity contribution in [3.8, 4) is 0 Å². The molecule has 1 rings (SSSR count). The van der Waals surface area contributed by atoms with Crippen LogP contribution in [0.4, 0.5) is 0 Å². The SMILES string of the molecule is CCC(C)N(C)CCNC(=O)C1(N)CCCC(C)C1. The molecule has 1 fully saturated rings. The Kier molecular flexibility index (Phi) is 6.27. The predicted molar refractivity (Wildman–Crippen MR) is 79.9 cm³/mol. The molecule has 3 atom stereocenters. The Morgan fingerprint density at radius 2 is 2.26 bits per heavy atom. The van der Waals surface area contributed by atoms with Gasteiger partial charge in [0.1, 0.15) is 0 Å². The number of amides is 1. The van der Waals surface area contributed by atoms with Crippen LogP contribution in [0.25, 0.3) is 0 Å². The first kappa shape index (κ1) is 16.4. The maximum Gasteiger partial charge on any atom is 0.240 e. The van der Waals surface area contributed by atoms with Gasteiger partial charge in [0.15, 0.2) is 0 Å². The van der Waals surface area contributed by atoms with E-state index in [4.69, 9.17) is 5.73 Å². The number of nitrogens with two attached hydrogens (primary N) is 1. The monoisotopic (exact) mass is 269 g/mol. The minimum Gasteiger partial charge on any atom is -0.353 e. The summed E-state index contributed by atoms with van der Waals surface area (Å²) >= 11 is 0. The van der Waals surface area contributed by atoms with Gasteiger partial charge in [0.2, 0.25) is 5.91 Å². The molecule has 1 amide bonds. The van der Waals surface area contributed by atoms with Gasteiger partial charge in [0.25, 0.3) is 0 Å². The molecule has 0 aromatic rings. The second-order valence-corrected chi connectivity index (χ2v) is 6.35. The van der Waals surface area contributed by atoms with Crippen LogP contribution in [0, 0.1) is 5.92 Å². The second-order valence-electron chi connectivity index (χ2n) is 6.35. The Bertz CT molecular complexity index is 295. The van der Waals surface area contributed by atoms with Crippen molar-refractivity contribution in [2.24, 2.45) is 11.7 Å². The Balaban J connectivity index is 2.34. The lowest BCUT2D eigenvalue weighted by Crippen LogP contribution is -2.57. The molecule has 0 spiro atoms. The molecule has 3 N–H and O–H groups in total. The number of likely N-dealkylation sites (N-methyl/N-ethyl adjacent to an activating group) is 1. The van der Waals surface area contributed by atoms with Gasteiger partial charge in [-0.3, -0.25) is 4.79 Å². The molecule has 0 saturated heterocycles. The maximum absolute atomic E-state index is 12.2. The first-order valence-corrected chi connectivity index (χ1v) is 7.66. The Morgan fingerprint density at radius 1 is 1.58 bits per heavy atom. The summed E-state index contributed by atoms with van der Waals surface area (Å²) in [5.74, 6) is 0.601. The zero-order valence-electron chi connectivity index (χ0n) is 13.0. The molecule has 19 heavy (non-hydrogen) atoms. The summed E-state index contributed by atoms with van der Waals surface area (Å²) in [6, 6.07) is 0.554. The van der Waals surface area contributed by atoms with Gasteiger partial charge in [-0.25, -0.2) is 0 Å². The van der Waals surface area contributed by atoms with E-state index in [0.717, 1.165) is 32.2 Å². The van der Waals surface area contributed by atoms with E-state index < -0.39 is 5.54 Å². The van der Waals surface area contributed by atoms with Crippen molar-refractivity contribution in [1.29, 1.82) is 0 Å². The zero-order chi connectivity index (χ0) is 14.5. The summed E-state index contributed by atoms with van der Waals surface area (Å²) in [6.45, 7) is 8.14. The molecule has 0 heterocycles. The predicted octanol–water partition coefficient (Wildman–Crippen LogP) is 1.74. The highest BCUT2D eigenvalue weighted by molar-refractivity contribution is 5.86. The zero-order valence-corrected chi connectivity index (χ0v) is 13.0. The van der Waals surface area contributed by atoms with E-state index in [2.05, 4.69) is 38.0 Å². The van der Waals surface area contributed by atoms with Crippen LogP contribution < -0.4 is 11.1 Å². The van der Waals surface area contributed by atoms with E-state index in [1.807, 2.05) is 0 Å². The van der Waals surface area contributed by atoms with Gasteiger partial charge >= 0.3 is 0 Å². The standard InChI is InChI=1S/C15H31N3O/c1-5-13(3)18(4)10-9-17-14(19)15(16)8-6-7-12(2)11-15/h12-13H,5-11,16H2,1-4H3,(H,17,19). The fraction of sp³-hybridized carbons (Fsp3) is 0.933. The van der Waals surface area contributed by atoms with E-state index in [-0.39, 0.29) is 5.91 Å². The summed E-state index contributed by atoms with van der Waals surface area (Å²) in [6.07, 6.45) is 5.04. The number of nitrogens with zero attached hydrogens (tertiary/aromatic N) is 1. The highest BCUT2D eigenvalue weighted by Gasteiger charge is 2.37. The minimum absolute atomic E-state index is 0.0385. The van der Waals surface area contributed by atoms with Crippen molar-refractivity contribution in [2.75, 3.05) is 20.1 Å². The lowest BCUT2D eigenvalue weighted by molar-refractivity contribution is -0.128. The second kappa shape index (κ2) is 7.25. The van der Waals surface area contributed by atoms with Crippen molar-refractivity contribution < 1.29 is 4.79 Å². The van der Waals surface area contributed by atoms with Crippen LogP contribution in [-0.4, -0.2) is 42.5 Å². The van der Waals surface area contributed by atoms with Gasteiger partial charge in [-0.2, -0.15) is 0 Å². The van der Waals surface area contributed by atoms with Crippen LogP contribution >= 0.6 is 0 Å². The summed E-state index contributed by atoms with van der Waals surface area (Å²) in [5, 5.41) is 3.02. The third-order valence-corrected chi connectivity index (χ3v) is 4.58. The highest BCUT2D eigenvalue weighted by Crippen LogP contribution is 2.30. The van der Waals surface area contributed by atoms with Gasteiger partial charge in [0.05, 0.1) is 5.54 Å².